The maximum absolute atomic E-state index is 12.3. The Balaban J connectivity index is 1.30. The number of hydrogen-bond donors (Lipinski definition) is 2. The van der Waals surface area contributed by atoms with Crippen LogP contribution in [0.15, 0.2) is 61.1 Å². The van der Waals surface area contributed by atoms with E-state index in [-0.39, 0.29) is 24.3 Å². The summed E-state index contributed by atoms with van der Waals surface area (Å²) in [6.07, 6.45) is 4.05. The highest BCUT2D eigenvalue weighted by molar-refractivity contribution is 6.06. The summed E-state index contributed by atoms with van der Waals surface area (Å²) in [7, 11) is 3.17. The van der Waals surface area contributed by atoms with E-state index < -0.39 is 0 Å². The van der Waals surface area contributed by atoms with Crippen molar-refractivity contribution in [1.29, 1.82) is 0 Å². The number of anilines is 1. The average molecular weight is 525 g/mol. The third kappa shape index (κ3) is 5.58. The number of ether oxygens (including phenoxy) is 1. The predicted octanol–water partition coefficient (Wildman–Crippen LogP) is 3.80. The number of rotatable bonds is 8. The Morgan fingerprint density at radius 1 is 1.08 bits per heavy atom. The summed E-state index contributed by atoms with van der Waals surface area (Å²) in [5.41, 5.74) is 6.74. The molecule has 0 saturated carbocycles. The molecule has 0 fully saturated rings. The molecule has 0 unspecified atom stereocenters. The molecule has 0 bridgehead atoms. The summed E-state index contributed by atoms with van der Waals surface area (Å²) in [6.45, 7) is 4.15. The summed E-state index contributed by atoms with van der Waals surface area (Å²) in [4.78, 5) is 39.9. The van der Waals surface area contributed by atoms with Crippen LogP contribution in [0.2, 0.25) is 0 Å². The van der Waals surface area contributed by atoms with Gasteiger partial charge in [-0.15, -0.1) is 0 Å². The number of fused-ring (bicyclic) bond motifs is 2. The van der Waals surface area contributed by atoms with E-state index in [2.05, 4.69) is 50.7 Å². The number of amides is 2. The number of para-hydroxylation sites is 1. The third-order valence-electron chi connectivity index (χ3n) is 7.20. The Hall–Kier alpha value is -4.37. The van der Waals surface area contributed by atoms with Gasteiger partial charge in [0, 0.05) is 62.9 Å². The van der Waals surface area contributed by atoms with E-state index in [1.165, 1.54) is 5.56 Å². The van der Waals surface area contributed by atoms with Crippen molar-refractivity contribution in [1.82, 2.24) is 25.2 Å². The van der Waals surface area contributed by atoms with Crippen LogP contribution >= 0.6 is 0 Å². The van der Waals surface area contributed by atoms with Crippen molar-refractivity contribution in [2.24, 2.45) is 0 Å². The fourth-order valence-electron chi connectivity index (χ4n) is 5.05. The van der Waals surface area contributed by atoms with Crippen LogP contribution in [0.3, 0.4) is 0 Å². The number of nitrogens with one attached hydrogen (secondary N) is 2. The van der Waals surface area contributed by atoms with Gasteiger partial charge in [-0.1, -0.05) is 37.3 Å². The molecule has 2 aromatic heterocycles. The molecule has 9 nitrogen and oxygen atoms in total. The van der Waals surface area contributed by atoms with Gasteiger partial charge in [0.05, 0.1) is 16.8 Å². The second-order valence-corrected chi connectivity index (χ2v) is 9.73. The Bertz CT molecular complexity index is 1520. The fourth-order valence-corrected chi connectivity index (χ4v) is 5.05. The molecule has 1 atom stereocenters. The van der Waals surface area contributed by atoms with Crippen molar-refractivity contribution in [2.75, 3.05) is 39.2 Å². The molecule has 1 aliphatic rings. The highest BCUT2D eigenvalue weighted by atomic mass is 16.5. The van der Waals surface area contributed by atoms with Gasteiger partial charge in [0.2, 0.25) is 5.91 Å². The number of methoxy groups -OCH3 is 1. The van der Waals surface area contributed by atoms with Gasteiger partial charge in [0.1, 0.15) is 18.8 Å². The van der Waals surface area contributed by atoms with Gasteiger partial charge in [-0.3, -0.25) is 14.6 Å². The molecule has 0 radical (unpaired) electrons. The molecule has 0 saturated heterocycles. The summed E-state index contributed by atoms with van der Waals surface area (Å²) in [5, 5.41) is 6.98. The van der Waals surface area contributed by atoms with Crippen LogP contribution in [-0.2, 0) is 22.5 Å². The first-order valence-corrected chi connectivity index (χ1v) is 13.0. The number of carbonyl (C=O) groups is 2. The standard InChI is InChI=1S/C30H32N6O3/c1-19(23-5-4-6-24-25(30(38)31-2)9-11-32-29(23)24)15-33-27-14-26(34-18-35-27)21-7-8-22-16-36(28(37)17-39-3)12-10-20(22)13-21/h4-9,11,13-14,18-19H,10,12,15-17H2,1-3H3,(H,31,38)(H,33,34,35)/t19-/m1/s1. The first-order chi connectivity index (χ1) is 19.0. The molecule has 5 rings (SSSR count). The minimum Gasteiger partial charge on any atom is -0.375 e. The molecule has 2 amide bonds. The van der Waals surface area contributed by atoms with Crippen molar-refractivity contribution in [3.05, 3.63) is 83.3 Å². The number of nitrogens with zero attached hydrogens (tertiary/aromatic N) is 4. The van der Waals surface area contributed by atoms with E-state index in [0.717, 1.165) is 45.5 Å². The molecule has 39 heavy (non-hydrogen) atoms. The molecule has 1 aliphatic heterocycles. The highest BCUT2D eigenvalue weighted by Crippen LogP contribution is 2.28. The van der Waals surface area contributed by atoms with Crippen LogP contribution in [0.25, 0.3) is 22.2 Å². The molecule has 9 heteroatoms. The molecule has 0 spiro atoms. The van der Waals surface area contributed by atoms with Crippen LogP contribution in [-0.4, -0.2) is 65.5 Å². The van der Waals surface area contributed by atoms with Gasteiger partial charge >= 0.3 is 0 Å². The van der Waals surface area contributed by atoms with Gasteiger partial charge in [-0.05, 0) is 35.2 Å². The Morgan fingerprint density at radius 3 is 2.77 bits per heavy atom. The zero-order valence-corrected chi connectivity index (χ0v) is 22.4. The summed E-state index contributed by atoms with van der Waals surface area (Å²) in [6, 6.07) is 15.9. The summed E-state index contributed by atoms with van der Waals surface area (Å²) >= 11 is 0. The SMILES string of the molecule is CNC(=O)c1ccnc2c([C@H](C)CNc3cc(-c4ccc5c(c4)CCN(C(=O)COC)C5)ncn3)cccc12. The van der Waals surface area contributed by atoms with Gasteiger partial charge in [0.25, 0.3) is 5.91 Å². The highest BCUT2D eigenvalue weighted by Gasteiger charge is 2.21. The van der Waals surface area contributed by atoms with Gasteiger partial charge in [-0.2, -0.15) is 0 Å². The van der Waals surface area contributed by atoms with Gasteiger partial charge < -0.3 is 20.3 Å². The molecule has 2 aromatic carbocycles. The quantitative estimate of drug-likeness (QED) is 0.361. The van der Waals surface area contributed by atoms with E-state index in [1.54, 1.807) is 32.7 Å². The second kappa shape index (κ2) is 11.6. The zero-order chi connectivity index (χ0) is 27.4. The number of hydrogen-bond acceptors (Lipinski definition) is 7. The topological polar surface area (TPSA) is 109 Å². The molecular weight excluding hydrogens is 492 g/mol. The minimum atomic E-state index is -0.127. The number of benzene rings is 2. The van der Waals surface area contributed by atoms with Crippen molar-refractivity contribution in [2.45, 2.75) is 25.8 Å². The third-order valence-corrected chi connectivity index (χ3v) is 7.20. The molecule has 200 valence electrons. The lowest BCUT2D eigenvalue weighted by molar-refractivity contribution is -0.136. The van der Waals surface area contributed by atoms with Crippen LogP contribution in [0.5, 0.6) is 0 Å². The van der Waals surface area contributed by atoms with E-state index in [1.807, 2.05) is 29.2 Å². The number of carbonyl (C=O) groups excluding carboxylic acids is 2. The Kier molecular flexibility index (Phi) is 7.79. The average Bonchev–Trinajstić information content (AvgIpc) is 2.98. The van der Waals surface area contributed by atoms with E-state index >= 15 is 0 Å². The van der Waals surface area contributed by atoms with E-state index in [0.29, 0.717) is 25.2 Å². The van der Waals surface area contributed by atoms with Gasteiger partial charge in [-0.25, -0.2) is 9.97 Å². The Labute approximate surface area is 227 Å². The molecule has 2 N–H and O–H groups in total. The molecule has 3 heterocycles. The first kappa shape index (κ1) is 26.2. The maximum Gasteiger partial charge on any atom is 0.251 e. The first-order valence-electron chi connectivity index (χ1n) is 13.0. The van der Waals surface area contributed by atoms with Crippen molar-refractivity contribution in [3.8, 4) is 11.3 Å². The van der Waals surface area contributed by atoms with Crippen LogP contribution < -0.4 is 10.6 Å². The number of pyridine rings is 1. The smallest absolute Gasteiger partial charge is 0.251 e. The maximum atomic E-state index is 12.3. The monoisotopic (exact) mass is 524 g/mol. The summed E-state index contributed by atoms with van der Waals surface area (Å²) in [5.74, 6) is 0.740. The van der Waals surface area contributed by atoms with Crippen molar-refractivity contribution < 1.29 is 14.3 Å². The van der Waals surface area contributed by atoms with Crippen LogP contribution in [0.1, 0.15) is 39.9 Å². The van der Waals surface area contributed by atoms with E-state index in [9.17, 15) is 9.59 Å². The molecular formula is C30H32N6O3. The molecule has 0 aliphatic carbocycles. The minimum absolute atomic E-state index is 0.0131. The lowest BCUT2D eigenvalue weighted by atomic mass is 9.95. The summed E-state index contributed by atoms with van der Waals surface area (Å²) < 4.78 is 5.00. The fraction of sp³-hybridized carbons (Fsp3) is 0.300. The van der Waals surface area contributed by atoms with Gasteiger partial charge in [0.15, 0.2) is 0 Å². The lowest BCUT2D eigenvalue weighted by Crippen LogP contribution is -2.38. The second-order valence-electron chi connectivity index (χ2n) is 9.73. The predicted molar refractivity (Wildman–Crippen MR) is 151 cm³/mol. The van der Waals surface area contributed by atoms with Crippen molar-refractivity contribution >= 4 is 28.5 Å². The van der Waals surface area contributed by atoms with E-state index in [4.69, 9.17) is 4.74 Å². The zero-order valence-electron chi connectivity index (χ0n) is 22.4. The largest absolute Gasteiger partial charge is 0.375 e. The number of aromatic nitrogens is 3. The Morgan fingerprint density at radius 2 is 1.95 bits per heavy atom. The van der Waals surface area contributed by atoms with Crippen molar-refractivity contribution in [3.63, 3.8) is 0 Å². The molecule has 4 aromatic rings. The van der Waals surface area contributed by atoms with Crippen LogP contribution in [0, 0.1) is 0 Å². The normalized spacial score (nSPS) is 13.6. The lowest BCUT2D eigenvalue weighted by Gasteiger charge is -2.29. The van der Waals surface area contributed by atoms with Crippen LogP contribution in [0.4, 0.5) is 5.82 Å².